The maximum absolute atomic E-state index is 10.1. The number of likely N-dealkylation sites (N-methyl/N-ethyl adjacent to an activating group) is 1. The van der Waals surface area contributed by atoms with Gasteiger partial charge in [0.15, 0.2) is 11.5 Å². The van der Waals surface area contributed by atoms with Gasteiger partial charge in [-0.2, -0.15) is 0 Å². The molecule has 1 aromatic rings. The fraction of sp³-hybridized carbons (Fsp3) is 0.700. The summed E-state index contributed by atoms with van der Waals surface area (Å²) in [5, 5.41) is 10.1. The molecule has 1 saturated heterocycles. The first-order valence-electron chi connectivity index (χ1n) is 9.32. The minimum absolute atomic E-state index is 0.149. The lowest BCUT2D eigenvalue weighted by Crippen LogP contribution is -2.47. The summed E-state index contributed by atoms with van der Waals surface area (Å²) >= 11 is 0. The summed E-state index contributed by atoms with van der Waals surface area (Å²) in [7, 11) is 3.92. The van der Waals surface area contributed by atoms with Crippen molar-refractivity contribution in [3.05, 3.63) is 23.8 Å². The summed E-state index contributed by atoms with van der Waals surface area (Å²) in [5.74, 6) is 2.45. The van der Waals surface area contributed by atoms with Crippen molar-refractivity contribution in [2.75, 3.05) is 27.3 Å². The third kappa shape index (κ3) is 2.80. The number of ether oxygens (including phenoxy) is 2. The number of fused-ring (bicyclic) bond motifs is 1. The fourth-order valence-corrected chi connectivity index (χ4v) is 4.69. The average Bonchev–Trinajstić information content (AvgIpc) is 3.37. The Bertz CT molecular complexity index is 601. The highest BCUT2D eigenvalue weighted by atomic mass is 16.5. The predicted octanol–water partition coefficient (Wildman–Crippen LogP) is 2.97. The molecular formula is C20H29NO3. The number of hydrogen-bond donors (Lipinski definition) is 1. The minimum Gasteiger partial charge on any atom is -0.493 e. The van der Waals surface area contributed by atoms with Crippen LogP contribution < -0.4 is 9.47 Å². The number of methoxy groups -OCH3 is 1. The van der Waals surface area contributed by atoms with E-state index in [0.29, 0.717) is 6.04 Å². The Labute approximate surface area is 144 Å². The summed E-state index contributed by atoms with van der Waals surface area (Å²) in [6, 6.07) is 6.93. The quantitative estimate of drug-likeness (QED) is 0.901. The van der Waals surface area contributed by atoms with Crippen LogP contribution in [0.5, 0.6) is 11.5 Å². The summed E-state index contributed by atoms with van der Waals surface area (Å²) < 4.78 is 11.6. The van der Waals surface area contributed by atoms with E-state index < -0.39 is 0 Å². The Balaban J connectivity index is 1.62. The Kier molecular flexibility index (Phi) is 4.21. The molecule has 0 unspecified atom stereocenters. The van der Waals surface area contributed by atoms with Gasteiger partial charge in [-0.3, -0.25) is 0 Å². The fourth-order valence-electron chi connectivity index (χ4n) is 4.69. The van der Waals surface area contributed by atoms with E-state index >= 15 is 0 Å². The minimum atomic E-state index is -0.160. The molecular weight excluding hydrogens is 302 g/mol. The topological polar surface area (TPSA) is 41.9 Å². The van der Waals surface area contributed by atoms with Crippen LogP contribution in [0.1, 0.15) is 44.1 Å². The van der Waals surface area contributed by atoms with Gasteiger partial charge in [0.05, 0.1) is 19.8 Å². The number of rotatable bonds is 5. The summed E-state index contributed by atoms with van der Waals surface area (Å²) in [6.07, 6.45) is 6.40. The van der Waals surface area contributed by atoms with Gasteiger partial charge in [-0.05, 0) is 75.7 Å². The highest BCUT2D eigenvalue weighted by Gasteiger charge is 2.50. The van der Waals surface area contributed by atoms with Crippen LogP contribution in [0.15, 0.2) is 18.2 Å². The van der Waals surface area contributed by atoms with E-state index in [1.807, 2.05) is 0 Å². The molecule has 0 radical (unpaired) electrons. The molecule has 24 heavy (non-hydrogen) atoms. The molecule has 3 aliphatic rings. The predicted molar refractivity (Wildman–Crippen MR) is 93.8 cm³/mol. The molecule has 4 nitrogen and oxygen atoms in total. The molecule has 2 aliphatic carbocycles. The second kappa shape index (κ2) is 6.23. The van der Waals surface area contributed by atoms with Gasteiger partial charge < -0.3 is 19.5 Å². The molecule has 0 amide bonds. The number of likely N-dealkylation sites (tertiary alicyclic amines) is 1. The highest BCUT2D eigenvalue weighted by molar-refractivity contribution is 5.46. The van der Waals surface area contributed by atoms with E-state index in [2.05, 4.69) is 30.1 Å². The van der Waals surface area contributed by atoms with E-state index in [4.69, 9.17) is 9.47 Å². The van der Waals surface area contributed by atoms with Crippen LogP contribution in [0, 0.1) is 5.92 Å². The Hall–Kier alpha value is -1.26. The second-order valence-electron chi connectivity index (χ2n) is 7.95. The van der Waals surface area contributed by atoms with Gasteiger partial charge in [-0.15, -0.1) is 0 Å². The third-order valence-electron chi connectivity index (χ3n) is 6.41. The Morgan fingerprint density at radius 3 is 2.79 bits per heavy atom. The van der Waals surface area contributed by atoms with Gasteiger partial charge in [0.2, 0.25) is 0 Å². The van der Waals surface area contributed by atoms with Crippen molar-refractivity contribution in [2.45, 2.75) is 56.1 Å². The van der Waals surface area contributed by atoms with Crippen LogP contribution in [-0.2, 0) is 5.41 Å². The van der Waals surface area contributed by atoms with E-state index in [-0.39, 0.29) is 11.5 Å². The zero-order valence-electron chi connectivity index (χ0n) is 14.8. The maximum Gasteiger partial charge on any atom is 0.161 e. The molecule has 0 bridgehead atoms. The van der Waals surface area contributed by atoms with Crippen molar-refractivity contribution in [3.63, 3.8) is 0 Å². The molecule has 2 saturated carbocycles. The molecule has 132 valence electrons. The van der Waals surface area contributed by atoms with Gasteiger partial charge in [-0.1, -0.05) is 6.07 Å². The molecule has 1 aliphatic heterocycles. The summed E-state index contributed by atoms with van der Waals surface area (Å²) in [4.78, 5) is 2.42. The van der Waals surface area contributed by atoms with Crippen LogP contribution in [0.4, 0.5) is 0 Å². The largest absolute Gasteiger partial charge is 0.493 e. The van der Waals surface area contributed by atoms with E-state index in [9.17, 15) is 5.11 Å². The van der Waals surface area contributed by atoms with Crippen LogP contribution in [0.2, 0.25) is 0 Å². The Morgan fingerprint density at radius 2 is 2.04 bits per heavy atom. The number of aliphatic hydroxyl groups is 1. The van der Waals surface area contributed by atoms with E-state index in [1.54, 1.807) is 7.11 Å². The van der Waals surface area contributed by atoms with E-state index in [1.165, 1.54) is 18.4 Å². The van der Waals surface area contributed by atoms with Gasteiger partial charge in [0, 0.05) is 11.5 Å². The number of nitrogens with zero attached hydrogens (tertiary/aromatic N) is 1. The molecule has 1 N–H and O–H groups in total. The number of benzene rings is 1. The maximum atomic E-state index is 10.1. The molecule has 1 aromatic carbocycles. The van der Waals surface area contributed by atoms with Gasteiger partial charge in [0.25, 0.3) is 0 Å². The van der Waals surface area contributed by atoms with Crippen molar-refractivity contribution in [1.29, 1.82) is 0 Å². The van der Waals surface area contributed by atoms with Crippen molar-refractivity contribution < 1.29 is 14.6 Å². The van der Waals surface area contributed by atoms with Crippen LogP contribution in [0.3, 0.4) is 0 Å². The van der Waals surface area contributed by atoms with Crippen LogP contribution >= 0.6 is 0 Å². The SMILES string of the molecule is COc1cc([C@@]23CC[C@@H](O)C[C@@H]2N(C)CC3)ccc1OCC1CC1. The van der Waals surface area contributed by atoms with Gasteiger partial charge in [0.1, 0.15) is 0 Å². The summed E-state index contributed by atoms with van der Waals surface area (Å²) in [5.41, 5.74) is 1.50. The normalized spacial score (nSPS) is 33.3. The first kappa shape index (κ1) is 16.2. The summed E-state index contributed by atoms with van der Waals surface area (Å²) in [6.45, 7) is 1.90. The van der Waals surface area contributed by atoms with Crippen LogP contribution in [0.25, 0.3) is 0 Å². The van der Waals surface area contributed by atoms with Crippen molar-refractivity contribution in [2.24, 2.45) is 5.92 Å². The van der Waals surface area contributed by atoms with Gasteiger partial charge >= 0.3 is 0 Å². The van der Waals surface area contributed by atoms with E-state index in [0.717, 1.165) is 56.3 Å². The van der Waals surface area contributed by atoms with Crippen LogP contribution in [-0.4, -0.2) is 49.5 Å². The average molecular weight is 331 g/mol. The zero-order valence-corrected chi connectivity index (χ0v) is 14.8. The lowest BCUT2D eigenvalue weighted by Gasteiger charge is -2.43. The molecule has 1 heterocycles. The first-order chi connectivity index (χ1) is 11.6. The lowest BCUT2D eigenvalue weighted by molar-refractivity contribution is 0.0566. The monoisotopic (exact) mass is 331 g/mol. The highest BCUT2D eigenvalue weighted by Crippen LogP contribution is 2.49. The third-order valence-corrected chi connectivity index (χ3v) is 6.41. The lowest BCUT2D eigenvalue weighted by atomic mass is 9.65. The molecule has 3 atom stereocenters. The second-order valence-corrected chi connectivity index (χ2v) is 7.95. The molecule has 4 rings (SSSR count). The van der Waals surface area contributed by atoms with Crippen molar-refractivity contribution in [1.82, 2.24) is 4.90 Å². The molecule has 4 heteroatoms. The zero-order chi connectivity index (χ0) is 16.7. The first-order valence-corrected chi connectivity index (χ1v) is 9.32. The number of aliphatic hydroxyl groups excluding tert-OH is 1. The number of hydrogen-bond acceptors (Lipinski definition) is 4. The van der Waals surface area contributed by atoms with Crippen molar-refractivity contribution in [3.8, 4) is 11.5 Å². The van der Waals surface area contributed by atoms with Gasteiger partial charge in [-0.25, -0.2) is 0 Å². The standard InChI is InChI=1S/C20H29NO3/c1-21-10-9-20(8-7-16(22)12-19(20)21)15-5-6-17(18(11-15)23-2)24-13-14-3-4-14/h5-6,11,14,16,19,22H,3-4,7-10,12-13H2,1-2H3/t16-,19+,20+/m1/s1. The molecule has 0 spiro atoms. The Morgan fingerprint density at radius 1 is 1.21 bits per heavy atom. The smallest absolute Gasteiger partial charge is 0.161 e. The molecule has 0 aromatic heterocycles. The molecule has 3 fully saturated rings. The van der Waals surface area contributed by atoms with Crippen molar-refractivity contribution >= 4 is 0 Å².